The van der Waals surface area contributed by atoms with E-state index >= 15 is 0 Å². The molecule has 0 aromatic heterocycles. The summed E-state index contributed by atoms with van der Waals surface area (Å²) in [4.78, 5) is 14.2. The van der Waals surface area contributed by atoms with E-state index in [9.17, 15) is 9.18 Å². The van der Waals surface area contributed by atoms with Crippen LogP contribution in [0.25, 0.3) is 11.1 Å². The van der Waals surface area contributed by atoms with E-state index in [0.29, 0.717) is 23.1 Å². The number of anilines is 1. The van der Waals surface area contributed by atoms with Crippen molar-refractivity contribution in [3.8, 4) is 16.9 Å². The van der Waals surface area contributed by atoms with Crippen LogP contribution < -0.4 is 20.4 Å². The quantitative estimate of drug-likeness (QED) is 0.822. The van der Waals surface area contributed by atoms with Crippen LogP contribution in [0.3, 0.4) is 0 Å². The fourth-order valence-corrected chi connectivity index (χ4v) is 4.47. The van der Waals surface area contributed by atoms with Crippen molar-refractivity contribution in [3.63, 3.8) is 0 Å². The van der Waals surface area contributed by atoms with Gasteiger partial charge in [-0.3, -0.25) is 4.79 Å². The number of hydrazone groups is 1. The van der Waals surface area contributed by atoms with Crippen molar-refractivity contribution in [3.05, 3.63) is 47.8 Å². The summed E-state index contributed by atoms with van der Waals surface area (Å²) in [5, 5.41) is 7.56. The third kappa shape index (κ3) is 3.06. The first kappa shape index (κ1) is 18.1. The van der Waals surface area contributed by atoms with Gasteiger partial charge < -0.3 is 15.0 Å². The van der Waals surface area contributed by atoms with Gasteiger partial charge >= 0.3 is 0 Å². The molecule has 3 aliphatic heterocycles. The number of hydrogen-bond donors (Lipinski definition) is 2. The molecule has 29 heavy (non-hydrogen) atoms. The van der Waals surface area contributed by atoms with Crippen molar-refractivity contribution < 1.29 is 13.9 Å². The molecule has 1 atom stereocenters. The molecule has 2 aromatic rings. The van der Waals surface area contributed by atoms with E-state index in [1.807, 2.05) is 30.0 Å². The van der Waals surface area contributed by atoms with Crippen LogP contribution in [0.1, 0.15) is 31.2 Å². The monoisotopic (exact) mass is 394 g/mol. The lowest BCUT2D eigenvalue weighted by Crippen LogP contribution is -2.55. The summed E-state index contributed by atoms with van der Waals surface area (Å²) in [6.45, 7) is 3.99. The third-order valence-corrected chi connectivity index (χ3v) is 6.03. The molecule has 2 N–H and O–H groups in total. The molecule has 6 nitrogen and oxygen atoms in total. The van der Waals surface area contributed by atoms with E-state index in [0.717, 1.165) is 42.7 Å². The van der Waals surface area contributed by atoms with Crippen molar-refractivity contribution >= 4 is 17.4 Å². The highest BCUT2D eigenvalue weighted by Crippen LogP contribution is 2.44. The molecule has 1 saturated heterocycles. The summed E-state index contributed by atoms with van der Waals surface area (Å²) in [5.74, 6) is 1.25. The van der Waals surface area contributed by atoms with Gasteiger partial charge in [0.05, 0.1) is 5.69 Å². The van der Waals surface area contributed by atoms with Gasteiger partial charge in [-0.15, -0.1) is 0 Å². The third-order valence-electron chi connectivity index (χ3n) is 6.03. The topological polar surface area (TPSA) is 66.0 Å². The maximum absolute atomic E-state index is 14.7. The number of halogens is 1. The summed E-state index contributed by atoms with van der Waals surface area (Å²) >= 11 is 0. The Bertz CT molecular complexity index is 1000. The Kier molecular flexibility index (Phi) is 4.47. The van der Waals surface area contributed by atoms with E-state index in [1.54, 1.807) is 6.07 Å². The number of amides is 1. The molecule has 2 aromatic carbocycles. The number of benzene rings is 2. The van der Waals surface area contributed by atoms with Crippen molar-refractivity contribution in [2.75, 3.05) is 24.6 Å². The molecule has 0 radical (unpaired) electrons. The number of carbonyl (C=O) groups is 1. The Labute approximate surface area is 168 Å². The largest absolute Gasteiger partial charge is 0.483 e. The maximum Gasteiger partial charge on any atom is 0.262 e. The normalized spacial score (nSPS) is 21.6. The van der Waals surface area contributed by atoms with Gasteiger partial charge in [0.2, 0.25) is 0 Å². The average molecular weight is 394 g/mol. The molecular formula is C22H23FN4O2. The number of fused-ring (bicyclic) bond motifs is 3. The standard InChI is InChI=1S/C22H23FN4O2/c1-13-22(28)26-25-21-12-29-20-11-17(15-4-2-3-5-18(15)23)16(10-19(20)27(13)21)14-6-8-24-9-7-14/h2-5,10-11,13-14,24H,6-9,12H2,1H3,(H,26,28)/t13-/m1/s1. The van der Waals surface area contributed by atoms with Crippen LogP contribution in [0.5, 0.6) is 5.75 Å². The molecule has 1 fully saturated rings. The van der Waals surface area contributed by atoms with E-state index in [1.165, 1.54) is 6.07 Å². The van der Waals surface area contributed by atoms with Gasteiger partial charge in [0.25, 0.3) is 5.91 Å². The summed E-state index contributed by atoms with van der Waals surface area (Å²) in [7, 11) is 0. The predicted octanol–water partition coefficient (Wildman–Crippen LogP) is 2.99. The maximum atomic E-state index is 14.7. The minimum Gasteiger partial charge on any atom is -0.483 e. The number of hydrogen-bond acceptors (Lipinski definition) is 5. The van der Waals surface area contributed by atoms with Gasteiger partial charge in [0.15, 0.2) is 5.84 Å². The van der Waals surface area contributed by atoms with Crippen molar-refractivity contribution in [2.24, 2.45) is 5.10 Å². The van der Waals surface area contributed by atoms with E-state index < -0.39 is 0 Å². The number of nitrogens with one attached hydrogen (secondary N) is 2. The average Bonchev–Trinajstić information content (AvgIpc) is 2.76. The molecule has 3 aliphatic rings. The predicted molar refractivity (Wildman–Crippen MR) is 110 cm³/mol. The van der Waals surface area contributed by atoms with Crippen LogP contribution in [0.4, 0.5) is 10.1 Å². The highest BCUT2D eigenvalue weighted by Gasteiger charge is 2.36. The molecule has 150 valence electrons. The van der Waals surface area contributed by atoms with Gasteiger partial charge in [0.1, 0.15) is 24.2 Å². The lowest BCUT2D eigenvalue weighted by atomic mass is 9.84. The van der Waals surface area contributed by atoms with Crippen LogP contribution in [-0.4, -0.2) is 37.5 Å². The van der Waals surface area contributed by atoms with Gasteiger partial charge in [0, 0.05) is 5.56 Å². The van der Waals surface area contributed by atoms with Gasteiger partial charge in [-0.05, 0) is 68.1 Å². The first-order valence-electron chi connectivity index (χ1n) is 10.1. The molecule has 0 unspecified atom stereocenters. The molecule has 0 saturated carbocycles. The minimum atomic E-state index is -0.384. The molecule has 0 spiro atoms. The Morgan fingerprint density at radius 1 is 1.17 bits per heavy atom. The van der Waals surface area contributed by atoms with Gasteiger partial charge in [-0.2, -0.15) is 5.10 Å². The first-order valence-corrected chi connectivity index (χ1v) is 10.1. The van der Waals surface area contributed by atoms with Crippen molar-refractivity contribution in [2.45, 2.75) is 31.7 Å². The van der Waals surface area contributed by atoms with Crippen molar-refractivity contribution in [1.29, 1.82) is 0 Å². The summed E-state index contributed by atoms with van der Waals surface area (Å²) in [6, 6.07) is 10.5. The smallest absolute Gasteiger partial charge is 0.262 e. The lowest BCUT2D eigenvalue weighted by molar-refractivity contribution is -0.122. The van der Waals surface area contributed by atoms with Crippen LogP contribution in [0.2, 0.25) is 0 Å². The van der Waals surface area contributed by atoms with Crippen LogP contribution in [0, 0.1) is 5.82 Å². The molecule has 1 amide bonds. The fraction of sp³-hybridized carbons (Fsp3) is 0.364. The highest BCUT2D eigenvalue weighted by atomic mass is 19.1. The zero-order chi connectivity index (χ0) is 20.0. The lowest BCUT2D eigenvalue weighted by Gasteiger charge is -2.39. The SMILES string of the molecule is C[C@@H]1C(=O)NN=C2COc3cc(-c4ccccc4F)c(C4CCNCC4)cc3N21. The number of piperidine rings is 1. The minimum absolute atomic E-state index is 0.150. The number of carbonyl (C=O) groups excluding carboxylic acids is 1. The zero-order valence-electron chi connectivity index (χ0n) is 16.2. The summed E-state index contributed by atoms with van der Waals surface area (Å²) < 4.78 is 20.7. The Balaban J connectivity index is 1.69. The second-order valence-electron chi connectivity index (χ2n) is 7.75. The fourth-order valence-electron chi connectivity index (χ4n) is 4.47. The highest BCUT2D eigenvalue weighted by molar-refractivity contribution is 6.09. The second kappa shape index (κ2) is 7.15. The Hall–Kier alpha value is -2.93. The number of nitrogens with zero attached hydrogens (tertiary/aromatic N) is 2. The molecule has 3 heterocycles. The number of amidine groups is 1. The zero-order valence-corrected chi connectivity index (χ0v) is 16.2. The summed E-state index contributed by atoms with van der Waals surface area (Å²) in [6.07, 6.45) is 1.97. The first-order chi connectivity index (χ1) is 14.1. The molecule has 7 heteroatoms. The van der Waals surface area contributed by atoms with Crippen LogP contribution in [0.15, 0.2) is 41.5 Å². The van der Waals surface area contributed by atoms with E-state index in [4.69, 9.17) is 4.74 Å². The van der Waals surface area contributed by atoms with E-state index in [-0.39, 0.29) is 24.4 Å². The van der Waals surface area contributed by atoms with E-state index in [2.05, 4.69) is 21.9 Å². The van der Waals surface area contributed by atoms with Crippen LogP contribution >= 0.6 is 0 Å². The molecule has 5 rings (SSSR count). The van der Waals surface area contributed by atoms with Gasteiger partial charge in [-0.1, -0.05) is 18.2 Å². The molecule has 0 bridgehead atoms. The summed E-state index contributed by atoms with van der Waals surface area (Å²) in [5.41, 5.74) is 5.92. The van der Waals surface area contributed by atoms with Crippen LogP contribution in [-0.2, 0) is 4.79 Å². The molecular weight excluding hydrogens is 371 g/mol. The Morgan fingerprint density at radius 2 is 1.97 bits per heavy atom. The second-order valence-corrected chi connectivity index (χ2v) is 7.75. The molecule has 0 aliphatic carbocycles. The number of ether oxygens (including phenoxy) is 1. The Morgan fingerprint density at radius 3 is 2.76 bits per heavy atom. The van der Waals surface area contributed by atoms with Crippen molar-refractivity contribution in [1.82, 2.24) is 10.7 Å². The van der Waals surface area contributed by atoms with Gasteiger partial charge in [-0.25, -0.2) is 9.82 Å². The number of rotatable bonds is 2.